The standard InChI is InChI=1S/C16H23FO2/c1-4-14(18)9-5-7-13-8-6-10-15(16(13)17)19-11-12(2)3/h6,8,10,12H,4-5,7,9,11H2,1-3H3. The number of ketones is 1. The highest BCUT2D eigenvalue weighted by atomic mass is 19.1. The average Bonchev–Trinajstić information content (AvgIpc) is 2.38. The van der Waals surface area contributed by atoms with Crippen LogP contribution in [0, 0.1) is 11.7 Å². The van der Waals surface area contributed by atoms with Crippen molar-refractivity contribution in [2.75, 3.05) is 6.61 Å². The first kappa shape index (κ1) is 15.7. The molecule has 0 saturated heterocycles. The third kappa shape index (κ3) is 5.41. The van der Waals surface area contributed by atoms with Crippen molar-refractivity contribution in [1.29, 1.82) is 0 Å². The van der Waals surface area contributed by atoms with Gasteiger partial charge in [0.15, 0.2) is 11.6 Å². The normalized spacial score (nSPS) is 10.8. The first-order valence-corrected chi connectivity index (χ1v) is 6.96. The van der Waals surface area contributed by atoms with Crippen LogP contribution in [0.1, 0.15) is 45.6 Å². The Morgan fingerprint density at radius 3 is 2.74 bits per heavy atom. The van der Waals surface area contributed by atoms with Crippen molar-refractivity contribution < 1.29 is 13.9 Å². The molecule has 0 atom stereocenters. The van der Waals surface area contributed by atoms with Gasteiger partial charge >= 0.3 is 0 Å². The molecule has 1 aromatic carbocycles. The maximum Gasteiger partial charge on any atom is 0.168 e. The molecule has 0 saturated carbocycles. The number of benzene rings is 1. The number of hydrogen-bond acceptors (Lipinski definition) is 2. The van der Waals surface area contributed by atoms with Crippen LogP contribution < -0.4 is 4.74 Å². The highest BCUT2D eigenvalue weighted by Crippen LogP contribution is 2.22. The topological polar surface area (TPSA) is 26.3 Å². The summed E-state index contributed by atoms with van der Waals surface area (Å²) in [5.74, 6) is 0.623. The molecule has 0 aromatic heterocycles. The summed E-state index contributed by atoms with van der Waals surface area (Å²) in [6, 6.07) is 5.21. The van der Waals surface area contributed by atoms with Crippen LogP contribution in [0.25, 0.3) is 0 Å². The quantitative estimate of drug-likeness (QED) is 0.706. The number of Topliss-reactive ketones (excluding diaryl/α,β-unsaturated/α-hetero) is 1. The van der Waals surface area contributed by atoms with Crippen molar-refractivity contribution in [1.82, 2.24) is 0 Å². The summed E-state index contributed by atoms with van der Waals surface area (Å²) < 4.78 is 19.6. The summed E-state index contributed by atoms with van der Waals surface area (Å²) >= 11 is 0. The number of rotatable bonds is 8. The molecule has 19 heavy (non-hydrogen) atoms. The van der Waals surface area contributed by atoms with Crippen LogP contribution in [0.5, 0.6) is 5.75 Å². The molecule has 0 aliphatic heterocycles. The number of halogens is 1. The first-order valence-electron chi connectivity index (χ1n) is 6.96. The van der Waals surface area contributed by atoms with E-state index >= 15 is 0 Å². The lowest BCUT2D eigenvalue weighted by Crippen LogP contribution is -2.07. The second-order valence-electron chi connectivity index (χ2n) is 5.18. The zero-order chi connectivity index (χ0) is 14.3. The van der Waals surface area contributed by atoms with Gasteiger partial charge in [-0.1, -0.05) is 32.9 Å². The van der Waals surface area contributed by atoms with E-state index in [-0.39, 0.29) is 11.6 Å². The molecular formula is C16H23FO2. The van der Waals surface area contributed by atoms with Crippen molar-refractivity contribution in [2.24, 2.45) is 5.92 Å². The predicted molar refractivity (Wildman–Crippen MR) is 75.0 cm³/mol. The molecule has 0 amide bonds. The molecule has 106 valence electrons. The van der Waals surface area contributed by atoms with E-state index in [9.17, 15) is 9.18 Å². The van der Waals surface area contributed by atoms with E-state index < -0.39 is 0 Å². The van der Waals surface area contributed by atoms with Crippen molar-refractivity contribution in [3.05, 3.63) is 29.6 Å². The molecular weight excluding hydrogens is 243 g/mol. The van der Waals surface area contributed by atoms with E-state index in [2.05, 4.69) is 0 Å². The molecule has 2 nitrogen and oxygen atoms in total. The van der Waals surface area contributed by atoms with E-state index in [1.165, 1.54) is 0 Å². The minimum Gasteiger partial charge on any atom is -0.490 e. The number of carbonyl (C=O) groups excluding carboxylic acids is 1. The van der Waals surface area contributed by atoms with Gasteiger partial charge in [-0.3, -0.25) is 4.79 Å². The van der Waals surface area contributed by atoms with Crippen molar-refractivity contribution in [3.8, 4) is 5.75 Å². The third-order valence-electron chi connectivity index (χ3n) is 2.91. The van der Waals surface area contributed by atoms with Gasteiger partial charge < -0.3 is 4.74 Å². The van der Waals surface area contributed by atoms with Gasteiger partial charge in [-0.05, 0) is 30.4 Å². The molecule has 1 rings (SSSR count). The van der Waals surface area contributed by atoms with Crippen LogP contribution >= 0.6 is 0 Å². The fourth-order valence-electron chi connectivity index (χ4n) is 1.77. The molecule has 0 fully saturated rings. The largest absolute Gasteiger partial charge is 0.490 e. The lowest BCUT2D eigenvalue weighted by Gasteiger charge is -2.11. The molecule has 0 spiro atoms. The van der Waals surface area contributed by atoms with Gasteiger partial charge in [-0.15, -0.1) is 0 Å². The molecule has 1 aromatic rings. The fourth-order valence-corrected chi connectivity index (χ4v) is 1.77. The summed E-state index contributed by atoms with van der Waals surface area (Å²) in [6.45, 7) is 6.41. The Hall–Kier alpha value is -1.38. The maximum absolute atomic E-state index is 14.1. The molecule has 0 aliphatic carbocycles. The minimum absolute atomic E-state index is 0.229. The molecule has 0 aliphatic rings. The lowest BCUT2D eigenvalue weighted by atomic mass is 10.0. The number of aryl methyl sites for hydroxylation is 1. The van der Waals surface area contributed by atoms with Gasteiger partial charge in [0.2, 0.25) is 0 Å². The van der Waals surface area contributed by atoms with Crippen LogP contribution in [-0.2, 0) is 11.2 Å². The molecule has 0 bridgehead atoms. The highest BCUT2D eigenvalue weighted by Gasteiger charge is 2.10. The summed E-state index contributed by atoms with van der Waals surface area (Å²) in [5, 5.41) is 0. The molecule has 0 radical (unpaired) electrons. The Labute approximate surface area is 115 Å². The number of ether oxygens (including phenoxy) is 1. The van der Waals surface area contributed by atoms with Crippen LogP contribution in [0.3, 0.4) is 0 Å². The maximum atomic E-state index is 14.1. The third-order valence-corrected chi connectivity index (χ3v) is 2.91. The zero-order valence-electron chi connectivity index (χ0n) is 12.0. The molecule has 0 N–H and O–H groups in total. The Bertz CT molecular complexity index is 413. The van der Waals surface area contributed by atoms with E-state index in [0.717, 1.165) is 0 Å². The van der Waals surface area contributed by atoms with Crippen LogP contribution in [0.15, 0.2) is 18.2 Å². The van der Waals surface area contributed by atoms with Crippen LogP contribution in [-0.4, -0.2) is 12.4 Å². The molecule has 0 unspecified atom stereocenters. The Morgan fingerprint density at radius 2 is 2.11 bits per heavy atom. The van der Waals surface area contributed by atoms with E-state index in [4.69, 9.17) is 4.74 Å². The second-order valence-corrected chi connectivity index (χ2v) is 5.18. The SMILES string of the molecule is CCC(=O)CCCc1cccc(OCC(C)C)c1F. The first-order chi connectivity index (χ1) is 9.04. The van der Waals surface area contributed by atoms with Gasteiger partial charge in [-0.2, -0.15) is 0 Å². The fraction of sp³-hybridized carbons (Fsp3) is 0.562. The summed E-state index contributed by atoms with van der Waals surface area (Å²) in [7, 11) is 0. The average molecular weight is 266 g/mol. The van der Waals surface area contributed by atoms with Gasteiger partial charge in [0.1, 0.15) is 5.78 Å². The van der Waals surface area contributed by atoms with E-state index in [1.54, 1.807) is 18.2 Å². The number of hydrogen-bond donors (Lipinski definition) is 0. The summed E-state index contributed by atoms with van der Waals surface area (Å²) in [4.78, 5) is 11.2. The van der Waals surface area contributed by atoms with Gasteiger partial charge in [-0.25, -0.2) is 4.39 Å². The predicted octanol–water partition coefficient (Wildman–Crippen LogP) is 4.16. The van der Waals surface area contributed by atoms with E-state index in [0.29, 0.717) is 49.5 Å². The monoisotopic (exact) mass is 266 g/mol. The molecule has 0 heterocycles. The van der Waals surface area contributed by atoms with Crippen LogP contribution in [0.4, 0.5) is 4.39 Å². The van der Waals surface area contributed by atoms with Crippen molar-refractivity contribution in [3.63, 3.8) is 0 Å². The Morgan fingerprint density at radius 1 is 1.37 bits per heavy atom. The minimum atomic E-state index is -0.285. The van der Waals surface area contributed by atoms with Gasteiger partial charge in [0.05, 0.1) is 6.61 Å². The second kappa shape index (κ2) is 7.93. The van der Waals surface area contributed by atoms with Gasteiger partial charge in [0.25, 0.3) is 0 Å². The Kier molecular flexibility index (Phi) is 6.54. The van der Waals surface area contributed by atoms with E-state index in [1.807, 2.05) is 20.8 Å². The van der Waals surface area contributed by atoms with Crippen molar-refractivity contribution >= 4 is 5.78 Å². The highest BCUT2D eigenvalue weighted by molar-refractivity contribution is 5.77. The smallest absolute Gasteiger partial charge is 0.168 e. The van der Waals surface area contributed by atoms with Gasteiger partial charge in [0, 0.05) is 12.8 Å². The zero-order valence-corrected chi connectivity index (χ0v) is 12.0. The molecule has 3 heteroatoms. The number of carbonyl (C=O) groups is 1. The van der Waals surface area contributed by atoms with Crippen molar-refractivity contribution in [2.45, 2.75) is 46.5 Å². The Balaban J connectivity index is 2.59. The van der Waals surface area contributed by atoms with Crippen LogP contribution in [0.2, 0.25) is 0 Å². The summed E-state index contributed by atoms with van der Waals surface area (Å²) in [6.07, 6.45) is 2.35. The lowest BCUT2D eigenvalue weighted by molar-refractivity contribution is -0.118. The summed E-state index contributed by atoms with van der Waals surface area (Å²) in [5.41, 5.74) is 0.630.